The van der Waals surface area contributed by atoms with Crippen LogP contribution >= 0.6 is 0 Å². The molecule has 0 amide bonds. The van der Waals surface area contributed by atoms with Crippen LogP contribution < -0.4 is 10.2 Å². The van der Waals surface area contributed by atoms with Crippen LogP contribution in [0.25, 0.3) is 0 Å². The molecule has 2 aromatic heterocycles. The van der Waals surface area contributed by atoms with Gasteiger partial charge in [-0.15, -0.1) is 0 Å². The highest BCUT2D eigenvalue weighted by Gasteiger charge is 2.19. The Morgan fingerprint density at radius 2 is 2.05 bits per heavy atom. The standard InChI is InChI=1S/C16H25N5O/c1-16(2,3)15-12(10-19-20-15)9-17-14-6-5-13(11-18-14)21(4)7-8-22/h5-6,10-11,22H,7-9H2,1-4H3,(H,17,18)(H,19,20). The van der Waals surface area contributed by atoms with Crippen LogP contribution in [-0.2, 0) is 12.0 Å². The van der Waals surface area contributed by atoms with Gasteiger partial charge in [-0.05, 0) is 12.1 Å². The van der Waals surface area contributed by atoms with Gasteiger partial charge in [-0.25, -0.2) is 4.98 Å². The van der Waals surface area contributed by atoms with Crippen molar-refractivity contribution in [3.8, 4) is 0 Å². The van der Waals surface area contributed by atoms with E-state index in [0.29, 0.717) is 13.1 Å². The van der Waals surface area contributed by atoms with Crippen molar-refractivity contribution in [3.05, 3.63) is 35.8 Å². The molecular formula is C16H25N5O. The maximum atomic E-state index is 8.95. The third-order valence-corrected chi connectivity index (χ3v) is 3.55. The molecule has 6 heteroatoms. The number of anilines is 2. The fraction of sp³-hybridized carbons (Fsp3) is 0.500. The van der Waals surface area contributed by atoms with Crippen LogP contribution in [0, 0.1) is 0 Å². The third kappa shape index (κ3) is 3.98. The quantitative estimate of drug-likeness (QED) is 0.762. The zero-order valence-corrected chi connectivity index (χ0v) is 13.7. The lowest BCUT2D eigenvalue weighted by Gasteiger charge is -2.19. The summed E-state index contributed by atoms with van der Waals surface area (Å²) >= 11 is 0. The van der Waals surface area contributed by atoms with Crippen LogP contribution in [0.5, 0.6) is 0 Å². The second kappa shape index (κ2) is 6.79. The number of aromatic nitrogens is 3. The molecule has 0 atom stereocenters. The summed E-state index contributed by atoms with van der Waals surface area (Å²) in [5.41, 5.74) is 3.31. The summed E-state index contributed by atoms with van der Waals surface area (Å²) in [6.07, 6.45) is 3.66. The Bertz CT molecular complexity index is 585. The zero-order chi connectivity index (χ0) is 16.2. The Morgan fingerprint density at radius 3 is 2.64 bits per heavy atom. The number of hydrogen-bond donors (Lipinski definition) is 3. The molecular weight excluding hydrogens is 278 g/mol. The van der Waals surface area contributed by atoms with Gasteiger partial charge in [0.25, 0.3) is 0 Å². The molecule has 6 nitrogen and oxygen atoms in total. The summed E-state index contributed by atoms with van der Waals surface area (Å²) in [6, 6.07) is 3.94. The van der Waals surface area contributed by atoms with E-state index in [1.807, 2.05) is 30.3 Å². The summed E-state index contributed by atoms with van der Waals surface area (Å²) < 4.78 is 0. The number of rotatable bonds is 6. The molecule has 0 aliphatic rings. The van der Waals surface area contributed by atoms with E-state index in [1.165, 1.54) is 0 Å². The average Bonchev–Trinajstić information content (AvgIpc) is 2.94. The summed E-state index contributed by atoms with van der Waals surface area (Å²) in [5.74, 6) is 0.821. The van der Waals surface area contributed by atoms with Crippen molar-refractivity contribution in [2.75, 3.05) is 30.4 Å². The molecule has 0 saturated carbocycles. The molecule has 0 bridgehead atoms. The minimum absolute atomic E-state index is 0.0395. The van der Waals surface area contributed by atoms with E-state index >= 15 is 0 Å². The monoisotopic (exact) mass is 303 g/mol. The number of hydrogen-bond acceptors (Lipinski definition) is 5. The van der Waals surface area contributed by atoms with Crippen molar-refractivity contribution in [1.82, 2.24) is 15.2 Å². The molecule has 120 valence electrons. The summed E-state index contributed by atoms with van der Waals surface area (Å²) in [5, 5.41) is 19.5. The molecule has 3 N–H and O–H groups in total. The maximum absolute atomic E-state index is 8.95. The van der Waals surface area contributed by atoms with Gasteiger partial charge in [-0.1, -0.05) is 20.8 Å². The minimum atomic E-state index is 0.0395. The van der Waals surface area contributed by atoms with Crippen molar-refractivity contribution in [1.29, 1.82) is 0 Å². The summed E-state index contributed by atoms with van der Waals surface area (Å²) in [4.78, 5) is 6.37. The number of likely N-dealkylation sites (N-methyl/N-ethyl adjacent to an activating group) is 1. The predicted octanol–water partition coefficient (Wildman–Crippen LogP) is 2.14. The first-order chi connectivity index (χ1) is 10.4. The lowest BCUT2D eigenvalue weighted by atomic mass is 9.89. The van der Waals surface area contributed by atoms with E-state index in [9.17, 15) is 0 Å². The first-order valence-corrected chi connectivity index (χ1v) is 7.46. The van der Waals surface area contributed by atoms with Crippen molar-refractivity contribution >= 4 is 11.5 Å². The van der Waals surface area contributed by atoms with Crippen LogP contribution in [0.1, 0.15) is 32.0 Å². The van der Waals surface area contributed by atoms with E-state index in [1.54, 1.807) is 6.20 Å². The Labute approximate surface area is 131 Å². The molecule has 0 spiro atoms. The number of nitrogens with one attached hydrogen (secondary N) is 2. The van der Waals surface area contributed by atoms with Crippen molar-refractivity contribution in [3.63, 3.8) is 0 Å². The van der Waals surface area contributed by atoms with Gasteiger partial charge < -0.3 is 15.3 Å². The highest BCUT2D eigenvalue weighted by atomic mass is 16.3. The number of aromatic amines is 1. The fourth-order valence-electron chi connectivity index (χ4n) is 2.28. The molecule has 0 unspecified atom stereocenters. The zero-order valence-electron chi connectivity index (χ0n) is 13.7. The Kier molecular flexibility index (Phi) is 5.03. The normalized spacial score (nSPS) is 11.5. The first-order valence-electron chi connectivity index (χ1n) is 7.46. The highest BCUT2D eigenvalue weighted by molar-refractivity contribution is 5.49. The summed E-state index contributed by atoms with van der Waals surface area (Å²) in [6.45, 7) is 7.89. The van der Waals surface area contributed by atoms with E-state index in [2.05, 4.69) is 41.3 Å². The van der Waals surface area contributed by atoms with E-state index < -0.39 is 0 Å². The number of pyridine rings is 1. The van der Waals surface area contributed by atoms with Gasteiger partial charge in [0, 0.05) is 36.8 Å². The van der Waals surface area contributed by atoms with Crippen LogP contribution in [-0.4, -0.2) is 40.5 Å². The first kappa shape index (κ1) is 16.3. The van der Waals surface area contributed by atoms with Gasteiger partial charge in [0.15, 0.2) is 0 Å². The van der Waals surface area contributed by atoms with Crippen molar-refractivity contribution < 1.29 is 5.11 Å². The maximum Gasteiger partial charge on any atom is 0.126 e. The largest absolute Gasteiger partial charge is 0.395 e. The molecule has 0 aliphatic heterocycles. The van der Waals surface area contributed by atoms with Gasteiger partial charge >= 0.3 is 0 Å². The van der Waals surface area contributed by atoms with Crippen LogP contribution in [0.4, 0.5) is 11.5 Å². The molecule has 0 saturated heterocycles. The van der Waals surface area contributed by atoms with Gasteiger partial charge in [0.05, 0.1) is 24.7 Å². The van der Waals surface area contributed by atoms with Crippen LogP contribution in [0.2, 0.25) is 0 Å². The molecule has 2 aromatic rings. The van der Waals surface area contributed by atoms with Gasteiger partial charge in [0.2, 0.25) is 0 Å². The lowest BCUT2D eigenvalue weighted by Crippen LogP contribution is -2.21. The number of H-pyrrole nitrogens is 1. The van der Waals surface area contributed by atoms with Gasteiger partial charge in [-0.3, -0.25) is 5.10 Å². The SMILES string of the molecule is CN(CCO)c1ccc(NCc2cn[nH]c2C(C)(C)C)nc1. The van der Waals surface area contributed by atoms with E-state index in [0.717, 1.165) is 22.8 Å². The fourth-order valence-corrected chi connectivity index (χ4v) is 2.28. The molecule has 0 aromatic carbocycles. The molecule has 0 fully saturated rings. The molecule has 0 aliphatic carbocycles. The van der Waals surface area contributed by atoms with Crippen LogP contribution in [0.15, 0.2) is 24.5 Å². The van der Waals surface area contributed by atoms with Gasteiger partial charge in [-0.2, -0.15) is 5.10 Å². The predicted molar refractivity (Wildman–Crippen MR) is 89.2 cm³/mol. The van der Waals surface area contributed by atoms with Crippen molar-refractivity contribution in [2.45, 2.75) is 32.7 Å². The Morgan fingerprint density at radius 1 is 1.27 bits per heavy atom. The van der Waals surface area contributed by atoms with Gasteiger partial charge in [0.1, 0.15) is 5.82 Å². The average molecular weight is 303 g/mol. The molecule has 0 radical (unpaired) electrons. The highest BCUT2D eigenvalue weighted by Crippen LogP contribution is 2.24. The molecule has 2 heterocycles. The second-order valence-electron chi connectivity index (χ2n) is 6.42. The number of aliphatic hydroxyl groups excluding tert-OH is 1. The van der Waals surface area contributed by atoms with E-state index in [4.69, 9.17) is 5.11 Å². The molecule has 2 rings (SSSR count). The smallest absolute Gasteiger partial charge is 0.126 e. The van der Waals surface area contributed by atoms with Crippen molar-refractivity contribution in [2.24, 2.45) is 0 Å². The minimum Gasteiger partial charge on any atom is -0.395 e. The second-order valence-corrected chi connectivity index (χ2v) is 6.42. The topological polar surface area (TPSA) is 77.1 Å². The van der Waals surface area contributed by atoms with Crippen LogP contribution in [0.3, 0.4) is 0 Å². The number of nitrogens with zero attached hydrogens (tertiary/aromatic N) is 3. The van der Waals surface area contributed by atoms with E-state index in [-0.39, 0.29) is 12.0 Å². The lowest BCUT2D eigenvalue weighted by molar-refractivity contribution is 0.304. The number of aliphatic hydroxyl groups is 1. The Balaban J connectivity index is 1.99. The Hall–Kier alpha value is -2.08. The molecule has 22 heavy (non-hydrogen) atoms. The summed E-state index contributed by atoms with van der Waals surface area (Å²) in [7, 11) is 1.93. The third-order valence-electron chi connectivity index (χ3n) is 3.55.